The predicted octanol–water partition coefficient (Wildman–Crippen LogP) is 5.17. The molecule has 104 valence electrons. The van der Waals surface area contributed by atoms with Gasteiger partial charge in [0.15, 0.2) is 11.6 Å². The molecule has 0 N–H and O–H groups in total. The summed E-state index contributed by atoms with van der Waals surface area (Å²) in [5.41, 5.74) is 1.64. The SMILES string of the molecule is Clc1ccc(-c2nc(Cl)nc(-c3ccc(Cl)cc3)n2)cc1. The van der Waals surface area contributed by atoms with Crippen molar-refractivity contribution in [3.05, 3.63) is 63.9 Å². The van der Waals surface area contributed by atoms with Crippen molar-refractivity contribution in [3.8, 4) is 22.8 Å². The lowest BCUT2D eigenvalue weighted by molar-refractivity contribution is 1.07. The number of hydrogen-bond acceptors (Lipinski definition) is 3. The Kier molecular flexibility index (Phi) is 4.06. The van der Waals surface area contributed by atoms with Gasteiger partial charge in [0, 0.05) is 21.2 Å². The van der Waals surface area contributed by atoms with Gasteiger partial charge < -0.3 is 0 Å². The van der Waals surface area contributed by atoms with Gasteiger partial charge in [0.2, 0.25) is 5.28 Å². The Balaban J connectivity index is 2.07. The lowest BCUT2D eigenvalue weighted by atomic mass is 10.2. The topological polar surface area (TPSA) is 38.7 Å². The molecule has 3 nitrogen and oxygen atoms in total. The minimum absolute atomic E-state index is 0.139. The normalized spacial score (nSPS) is 10.6. The van der Waals surface area contributed by atoms with Crippen LogP contribution in [0.25, 0.3) is 22.8 Å². The van der Waals surface area contributed by atoms with E-state index in [-0.39, 0.29) is 5.28 Å². The van der Waals surface area contributed by atoms with Gasteiger partial charge in [-0.2, -0.15) is 9.97 Å². The first kappa shape index (κ1) is 14.3. The Morgan fingerprint density at radius 1 is 0.524 bits per heavy atom. The van der Waals surface area contributed by atoms with Gasteiger partial charge in [-0.05, 0) is 60.1 Å². The van der Waals surface area contributed by atoms with Crippen LogP contribution in [-0.4, -0.2) is 15.0 Å². The molecule has 1 aromatic heterocycles. The first-order chi connectivity index (χ1) is 10.1. The highest BCUT2D eigenvalue weighted by atomic mass is 35.5. The number of rotatable bonds is 2. The fraction of sp³-hybridized carbons (Fsp3) is 0. The number of nitrogens with zero attached hydrogens (tertiary/aromatic N) is 3. The summed E-state index contributed by atoms with van der Waals surface area (Å²) in [6.45, 7) is 0. The Morgan fingerprint density at radius 2 is 0.905 bits per heavy atom. The fourth-order valence-electron chi connectivity index (χ4n) is 1.81. The van der Waals surface area contributed by atoms with Crippen LogP contribution in [0.1, 0.15) is 0 Å². The molecule has 0 spiro atoms. The quantitative estimate of drug-likeness (QED) is 0.648. The van der Waals surface area contributed by atoms with Crippen LogP contribution in [0.2, 0.25) is 15.3 Å². The van der Waals surface area contributed by atoms with E-state index in [9.17, 15) is 0 Å². The molecule has 0 radical (unpaired) electrons. The summed E-state index contributed by atoms with van der Waals surface area (Å²) in [4.78, 5) is 12.7. The maximum Gasteiger partial charge on any atom is 0.226 e. The summed E-state index contributed by atoms with van der Waals surface area (Å²) in [6.07, 6.45) is 0. The number of hydrogen-bond donors (Lipinski definition) is 0. The summed E-state index contributed by atoms with van der Waals surface area (Å²) < 4.78 is 0. The third-order valence-electron chi connectivity index (χ3n) is 2.81. The molecule has 0 aliphatic carbocycles. The highest BCUT2D eigenvalue weighted by molar-refractivity contribution is 6.31. The van der Waals surface area contributed by atoms with Crippen molar-refractivity contribution in [1.29, 1.82) is 0 Å². The van der Waals surface area contributed by atoms with Gasteiger partial charge in [-0.1, -0.05) is 23.2 Å². The Bertz CT molecular complexity index is 707. The van der Waals surface area contributed by atoms with Crippen molar-refractivity contribution in [2.45, 2.75) is 0 Å². The molecule has 0 saturated carbocycles. The van der Waals surface area contributed by atoms with Crippen LogP contribution in [0, 0.1) is 0 Å². The van der Waals surface area contributed by atoms with Gasteiger partial charge >= 0.3 is 0 Å². The molecule has 0 aliphatic heterocycles. The maximum atomic E-state index is 6.00. The van der Waals surface area contributed by atoms with Crippen LogP contribution in [0.3, 0.4) is 0 Å². The average Bonchev–Trinajstić information content (AvgIpc) is 2.48. The van der Waals surface area contributed by atoms with Crippen molar-refractivity contribution < 1.29 is 0 Å². The summed E-state index contributed by atoms with van der Waals surface area (Å²) in [7, 11) is 0. The predicted molar refractivity (Wildman–Crippen MR) is 85.7 cm³/mol. The Morgan fingerprint density at radius 3 is 1.29 bits per heavy atom. The molecule has 6 heteroatoms. The second kappa shape index (κ2) is 5.98. The molecule has 21 heavy (non-hydrogen) atoms. The number of halogens is 3. The van der Waals surface area contributed by atoms with E-state index in [1.165, 1.54) is 0 Å². The van der Waals surface area contributed by atoms with E-state index in [1.54, 1.807) is 24.3 Å². The van der Waals surface area contributed by atoms with Gasteiger partial charge in [0.25, 0.3) is 0 Å². The van der Waals surface area contributed by atoms with Crippen LogP contribution in [-0.2, 0) is 0 Å². The highest BCUT2D eigenvalue weighted by Crippen LogP contribution is 2.23. The van der Waals surface area contributed by atoms with Crippen LogP contribution >= 0.6 is 34.8 Å². The Labute approximate surface area is 136 Å². The van der Waals surface area contributed by atoms with E-state index in [0.717, 1.165) is 11.1 Å². The molecule has 0 fully saturated rings. The zero-order chi connectivity index (χ0) is 14.8. The first-order valence-corrected chi connectivity index (χ1v) is 7.19. The zero-order valence-electron chi connectivity index (χ0n) is 10.6. The second-order valence-electron chi connectivity index (χ2n) is 4.27. The fourth-order valence-corrected chi connectivity index (χ4v) is 2.22. The summed E-state index contributed by atoms with van der Waals surface area (Å²) in [6, 6.07) is 14.4. The molecular formula is C15H8Cl3N3. The molecule has 0 atom stereocenters. The van der Waals surface area contributed by atoms with Crippen molar-refractivity contribution in [2.24, 2.45) is 0 Å². The average molecular weight is 337 g/mol. The molecule has 0 bridgehead atoms. The van der Waals surface area contributed by atoms with Crippen LogP contribution in [0.15, 0.2) is 48.5 Å². The minimum atomic E-state index is 0.139. The van der Waals surface area contributed by atoms with Crippen molar-refractivity contribution in [3.63, 3.8) is 0 Å². The van der Waals surface area contributed by atoms with Crippen molar-refractivity contribution in [2.75, 3.05) is 0 Å². The van der Waals surface area contributed by atoms with E-state index in [2.05, 4.69) is 15.0 Å². The standard InChI is InChI=1S/C15H8Cl3N3/c16-11-5-1-9(2-6-11)13-19-14(21-15(18)20-13)10-3-7-12(17)8-4-10/h1-8H. The van der Waals surface area contributed by atoms with E-state index >= 15 is 0 Å². The van der Waals surface area contributed by atoms with Gasteiger partial charge in [-0.3, -0.25) is 0 Å². The molecule has 0 amide bonds. The molecule has 1 heterocycles. The van der Waals surface area contributed by atoms with Crippen LogP contribution < -0.4 is 0 Å². The summed E-state index contributed by atoms with van der Waals surface area (Å²) in [5, 5.41) is 1.44. The van der Waals surface area contributed by atoms with Crippen LogP contribution in [0.5, 0.6) is 0 Å². The molecular weight excluding hydrogens is 329 g/mol. The molecule has 0 aliphatic rings. The highest BCUT2D eigenvalue weighted by Gasteiger charge is 2.09. The van der Waals surface area contributed by atoms with E-state index in [1.807, 2.05) is 24.3 Å². The third-order valence-corrected chi connectivity index (χ3v) is 3.49. The monoisotopic (exact) mass is 335 g/mol. The van der Waals surface area contributed by atoms with Crippen LogP contribution in [0.4, 0.5) is 0 Å². The van der Waals surface area contributed by atoms with Gasteiger partial charge in [-0.15, -0.1) is 0 Å². The van der Waals surface area contributed by atoms with E-state index < -0.39 is 0 Å². The summed E-state index contributed by atoms with van der Waals surface area (Å²) >= 11 is 17.8. The number of benzene rings is 2. The smallest absolute Gasteiger partial charge is 0.208 e. The van der Waals surface area contributed by atoms with E-state index in [4.69, 9.17) is 34.8 Å². The van der Waals surface area contributed by atoms with Gasteiger partial charge in [0.1, 0.15) is 0 Å². The molecule has 2 aromatic carbocycles. The van der Waals surface area contributed by atoms with Gasteiger partial charge in [0.05, 0.1) is 0 Å². The van der Waals surface area contributed by atoms with Crippen molar-refractivity contribution in [1.82, 2.24) is 15.0 Å². The maximum absolute atomic E-state index is 6.00. The lowest BCUT2D eigenvalue weighted by Crippen LogP contribution is -1.97. The zero-order valence-corrected chi connectivity index (χ0v) is 12.9. The lowest BCUT2D eigenvalue weighted by Gasteiger charge is -2.05. The molecule has 3 rings (SSSR count). The minimum Gasteiger partial charge on any atom is -0.208 e. The van der Waals surface area contributed by atoms with Gasteiger partial charge in [-0.25, -0.2) is 4.98 Å². The first-order valence-electron chi connectivity index (χ1n) is 6.05. The summed E-state index contributed by atoms with van der Waals surface area (Å²) in [5.74, 6) is 0.994. The van der Waals surface area contributed by atoms with Crippen molar-refractivity contribution >= 4 is 34.8 Å². The van der Waals surface area contributed by atoms with E-state index in [0.29, 0.717) is 21.7 Å². The second-order valence-corrected chi connectivity index (χ2v) is 5.48. The molecule has 0 saturated heterocycles. The molecule has 3 aromatic rings. The third kappa shape index (κ3) is 3.32. The molecule has 0 unspecified atom stereocenters. The Hall–Kier alpha value is -1.68. The largest absolute Gasteiger partial charge is 0.226 e. The number of aromatic nitrogens is 3.